The molecular formula is C18H21NO. The molecular weight excluding hydrogens is 246 g/mol. The zero-order valence-electron chi connectivity index (χ0n) is 12.0. The highest BCUT2D eigenvalue weighted by molar-refractivity contribution is 5.68. The van der Waals surface area contributed by atoms with Crippen LogP contribution in [0.5, 0.6) is 0 Å². The number of fused-ring (bicyclic) bond motifs is 1. The lowest BCUT2D eigenvalue weighted by Gasteiger charge is -2.28. The molecule has 1 atom stereocenters. The van der Waals surface area contributed by atoms with Gasteiger partial charge in [0.25, 0.3) is 0 Å². The number of hydrogen-bond donors (Lipinski definition) is 0. The molecule has 0 amide bonds. The Morgan fingerprint density at radius 2 is 2.05 bits per heavy atom. The molecule has 1 aromatic carbocycles. The maximum atomic E-state index is 5.99. The molecule has 20 heavy (non-hydrogen) atoms. The van der Waals surface area contributed by atoms with Gasteiger partial charge in [0.15, 0.2) is 0 Å². The lowest BCUT2D eigenvalue weighted by molar-refractivity contribution is 0.0353. The number of benzene rings is 1. The van der Waals surface area contributed by atoms with Crippen LogP contribution in [0, 0.1) is 0 Å². The van der Waals surface area contributed by atoms with Gasteiger partial charge in [0, 0.05) is 12.4 Å². The molecule has 0 saturated heterocycles. The second-order valence-electron chi connectivity index (χ2n) is 5.36. The minimum atomic E-state index is 0.278. The average molecular weight is 267 g/mol. The van der Waals surface area contributed by atoms with E-state index in [-0.39, 0.29) is 6.10 Å². The molecule has 3 rings (SSSR count). The fourth-order valence-corrected chi connectivity index (χ4v) is 3.01. The summed E-state index contributed by atoms with van der Waals surface area (Å²) < 4.78 is 5.99. The van der Waals surface area contributed by atoms with E-state index in [4.69, 9.17) is 4.74 Å². The Bertz CT molecular complexity index is 565. The van der Waals surface area contributed by atoms with Crippen molar-refractivity contribution < 1.29 is 4.74 Å². The summed E-state index contributed by atoms with van der Waals surface area (Å²) in [6, 6.07) is 10.8. The van der Waals surface area contributed by atoms with Gasteiger partial charge in [0.05, 0.1) is 12.7 Å². The Morgan fingerprint density at radius 1 is 1.20 bits per heavy atom. The summed E-state index contributed by atoms with van der Waals surface area (Å²) in [4.78, 5) is 4.11. The van der Waals surface area contributed by atoms with E-state index >= 15 is 0 Å². The SMILES string of the molecule is CCCC[C@@H]1OCCc2c(-c3ccncc3)cccc21. The van der Waals surface area contributed by atoms with Crippen LogP contribution in [0.2, 0.25) is 0 Å². The molecule has 1 aliphatic rings. The normalized spacial score (nSPS) is 17.8. The lowest BCUT2D eigenvalue weighted by atomic mass is 9.88. The number of unbranched alkanes of at least 4 members (excludes halogenated alkanes) is 1. The van der Waals surface area contributed by atoms with E-state index in [1.165, 1.54) is 35.1 Å². The number of hydrogen-bond acceptors (Lipinski definition) is 2. The zero-order valence-corrected chi connectivity index (χ0v) is 12.0. The number of pyridine rings is 1. The standard InChI is InChI=1S/C18H21NO/c1-2-3-7-18-17-6-4-5-15(16(17)10-13-20-18)14-8-11-19-12-9-14/h4-6,8-9,11-12,18H,2-3,7,10,13H2,1H3/t18-/m0/s1. The maximum Gasteiger partial charge on any atom is 0.0828 e. The van der Waals surface area contributed by atoms with Crippen molar-refractivity contribution in [3.05, 3.63) is 53.9 Å². The van der Waals surface area contributed by atoms with Crippen molar-refractivity contribution in [2.45, 2.75) is 38.7 Å². The summed E-state index contributed by atoms with van der Waals surface area (Å²) in [7, 11) is 0. The van der Waals surface area contributed by atoms with E-state index in [9.17, 15) is 0 Å². The highest BCUT2D eigenvalue weighted by atomic mass is 16.5. The lowest BCUT2D eigenvalue weighted by Crippen LogP contribution is -2.17. The molecule has 1 aliphatic heterocycles. The van der Waals surface area contributed by atoms with Gasteiger partial charge < -0.3 is 4.74 Å². The summed E-state index contributed by atoms with van der Waals surface area (Å²) in [6.45, 7) is 3.07. The van der Waals surface area contributed by atoms with Gasteiger partial charge in [0.1, 0.15) is 0 Å². The first-order valence-corrected chi connectivity index (χ1v) is 7.54. The fraction of sp³-hybridized carbons (Fsp3) is 0.389. The topological polar surface area (TPSA) is 22.1 Å². The highest BCUT2D eigenvalue weighted by Crippen LogP contribution is 2.36. The maximum absolute atomic E-state index is 5.99. The van der Waals surface area contributed by atoms with Gasteiger partial charge in [0.2, 0.25) is 0 Å². The van der Waals surface area contributed by atoms with Gasteiger partial charge >= 0.3 is 0 Å². The molecule has 0 bridgehead atoms. The first-order chi connectivity index (χ1) is 9.90. The van der Waals surface area contributed by atoms with Crippen molar-refractivity contribution in [2.75, 3.05) is 6.61 Å². The first-order valence-electron chi connectivity index (χ1n) is 7.54. The summed E-state index contributed by atoms with van der Waals surface area (Å²) in [6.07, 6.45) is 8.59. The van der Waals surface area contributed by atoms with Crippen molar-refractivity contribution >= 4 is 0 Å². The highest BCUT2D eigenvalue weighted by Gasteiger charge is 2.22. The quantitative estimate of drug-likeness (QED) is 0.810. The van der Waals surface area contributed by atoms with Crippen molar-refractivity contribution in [2.24, 2.45) is 0 Å². The summed E-state index contributed by atoms with van der Waals surface area (Å²) in [5.41, 5.74) is 5.45. The number of rotatable bonds is 4. The molecule has 0 aliphatic carbocycles. The zero-order chi connectivity index (χ0) is 13.8. The third-order valence-electron chi connectivity index (χ3n) is 4.04. The summed E-state index contributed by atoms with van der Waals surface area (Å²) in [5.74, 6) is 0. The van der Waals surface area contributed by atoms with Crippen LogP contribution in [-0.2, 0) is 11.2 Å². The third kappa shape index (κ3) is 2.61. The van der Waals surface area contributed by atoms with Crippen molar-refractivity contribution in [3.63, 3.8) is 0 Å². The molecule has 0 spiro atoms. The molecule has 104 valence electrons. The molecule has 0 saturated carbocycles. The van der Waals surface area contributed by atoms with Gasteiger partial charge in [-0.15, -0.1) is 0 Å². The van der Waals surface area contributed by atoms with Crippen molar-refractivity contribution in [1.29, 1.82) is 0 Å². The Balaban J connectivity index is 1.99. The first kappa shape index (κ1) is 13.3. The molecule has 2 aromatic rings. The third-order valence-corrected chi connectivity index (χ3v) is 4.04. The van der Waals surface area contributed by atoms with Gasteiger partial charge in [-0.1, -0.05) is 38.0 Å². The van der Waals surface area contributed by atoms with Gasteiger partial charge in [-0.25, -0.2) is 0 Å². The molecule has 0 unspecified atom stereocenters. The van der Waals surface area contributed by atoms with Gasteiger partial charge in [-0.2, -0.15) is 0 Å². The van der Waals surface area contributed by atoms with Crippen LogP contribution in [0.4, 0.5) is 0 Å². The van der Waals surface area contributed by atoms with Crippen LogP contribution in [0.25, 0.3) is 11.1 Å². The molecule has 2 heterocycles. The predicted octanol–water partition coefficient (Wildman–Crippen LogP) is 4.55. The van der Waals surface area contributed by atoms with E-state index in [1.807, 2.05) is 12.4 Å². The van der Waals surface area contributed by atoms with Crippen LogP contribution in [0.3, 0.4) is 0 Å². The molecule has 0 radical (unpaired) electrons. The molecule has 2 nitrogen and oxygen atoms in total. The molecule has 2 heteroatoms. The van der Waals surface area contributed by atoms with Crippen LogP contribution in [-0.4, -0.2) is 11.6 Å². The van der Waals surface area contributed by atoms with Crippen LogP contribution >= 0.6 is 0 Å². The number of aromatic nitrogens is 1. The van der Waals surface area contributed by atoms with E-state index < -0.39 is 0 Å². The Hall–Kier alpha value is -1.67. The second kappa shape index (κ2) is 6.19. The van der Waals surface area contributed by atoms with Crippen LogP contribution in [0.1, 0.15) is 43.4 Å². The minimum absolute atomic E-state index is 0.278. The largest absolute Gasteiger partial charge is 0.373 e. The van der Waals surface area contributed by atoms with Crippen molar-refractivity contribution in [1.82, 2.24) is 4.98 Å². The van der Waals surface area contributed by atoms with Crippen LogP contribution in [0.15, 0.2) is 42.7 Å². The van der Waals surface area contributed by atoms with Crippen molar-refractivity contribution in [3.8, 4) is 11.1 Å². The van der Waals surface area contributed by atoms with Crippen LogP contribution < -0.4 is 0 Å². The van der Waals surface area contributed by atoms with E-state index in [1.54, 1.807) is 0 Å². The Labute approximate surface area is 120 Å². The Morgan fingerprint density at radius 3 is 2.85 bits per heavy atom. The number of ether oxygens (including phenoxy) is 1. The van der Waals surface area contributed by atoms with E-state index in [2.05, 4.69) is 42.2 Å². The summed E-state index contributed by atoms with van der Waals surface area (Å²) in [5, 5.41) is 0. The van der Waals surface area contributed by atoms with Gasteiger partial charge in [-0.05, 0) is 47.2 Å². The molecule has 0 fully saturated rings. The van der Waals surface area contributed by atoms with E-state index in [0.717, 1.165) is 19.4 Å². The molecule has 0 N–H and O–H groups in total. The van der Waals surface area contributed by atoms with Gasteiger partial charge in [-0.3, -0.25) is 4.98 Å². The predicted molar refractivity (Wildman–Crippen MR) is 81.6 cm³/mol. The smallest absolute Gasteiger partial charge is 0.0828 e. The fourth-order valence-electron chi connectivity index (χ4n) is 3.01. The number of nitrogens with zero attached hydrogens (tertiary/aromatic N) is 1. The second-order valence-corrected chi connectivity index (χ2v) is 5.36. The monoisotopic (exact) mass is 267 g/mol. The Kier molecular flexibility index (Phi) is 4.12. The molecule has 1 aromatic heterocycles. The average Bonchev–Trinajstić information content (AvgIpc) is 2.53. The minimum Gasteiger partial charge on any atom is -0.373 e. The summed E-state index contributed by atoms with van der Waals surface area (Å²) >= 11 is 0. The van der Waals surface area contributed by atoms with E-state index in [0.29, 0.717) is 0 Å².